The molecule has 5 nitrogen and oxygen atoms in total. The number of amides is 2. The number of aliphatic hydroxyl groups excluding tert-OH is 1. The first-order chi connectivity index (χ1) is 10.5. The summed E-state index contributed by atoms with van der Waals surface area (Å²) < 4.78 is 5.42. The molecule has 0 aromatic heterocycles. The summed E-state index contributed by atoms with van der Waals surface area (Å²) in [6.07, 6.45) is 2.04. The van der Waals surface area contributed by atoms with Crippen LogP contribution in [0, 0.1) is 0 Å². The average molecular weight is 347 g/mol. The molecule has 122 valence electrons. The maximum atomic E-state index is 11.8. The zero-order valence-electron chi connectivity index (χ0n) is 12.4. The van der Waals surface area contributed by atoms with Gasteiger partial charge in [0.1, 0.15) is 0 Å². The van der Waals surface area contributed by atoms with Gasteiger partial charge in [0, 0.05) is 35.8 Å². The van der Waals surface area contributed by atoms with Crippen molar-refractivity contribution in [1.82, 2.24) is 10.6 Å². The van der Waals surface area contributed by atoms with Gasteiger partial charge < -0.3 is 20.5 Å². The van der Waals surface area contributed by atoms with Crippen molar-refractivity contribution in [3.63, 3.8) is 0 Å². The molecule has 0 bridgehead atoms. The molecule has 1 saturated carbocycles. The number of benzene rings is 1. The first kappa shape index (κ1) is 17.3. The van der Waals surface area contributed by atoms with Crippen molar-refractivity contribution < 1.29 is 14.6 Å². The molecule has 1 aromatic carbocycles. The van der Waals surface area contributed by atoms with Crippen LogP contribution in [0.25, 0.3) is 0 Å². The lowest BCUT2D eigenvalue weighted by molar-refractivity contribution is -0.0674. The molecule has 1 fully saturated rings. The van der Waals surface area contributed by atoms with Crippen molar-refractivity contribution in [2.45, 2.75) is 31.0 Å². The number of halogens is 2. The molecular formula is C15H20Cl2N2O3. The summed E-state index contributed by atoms with van der Waals surface area (Å²) in [5.74, 6) is 0. The van der Waals surface area contributed by atoms with E-state index in [9.17, 15) is 9.90 Å². The molecule has 1 aromatic rings. The number of methoxy groups -OCH3 is 1. The summed E-state index contributed by atoms with van der Waals surface area (Å²) in [7, 11) is 1.65. The van der Waals surface area contributed by atoms with E-state index in [-0.39, 0.29) is 18.2 Å². The van der Waals surface area contributed by atoms with Crippen LogP contribution < -0.4 is 10.6 Å². The Labute approximate surface area is 139 Å². The van der Waals surface area contributed by atoms with Gasteiger partial charge in [-0.25, -0.2) is 4.79 Å². The van der Waals surface area contributed by atoms with E-state index in [0.717, 1.165) is 19.3 Å². The topological polar surface area (TPSA) is 70.6 Å². The molecule has 2 rings (SSSR count). The van der Waals surface area contributed by atoms with Crippen LogP contribution in [0.5, 0.6) is 0 Å². The molecule has 2 amide bonds. The van der Waals surface area contributed by atoms with E-state index in [4.69, 9.17) is 27.9 Å². The molecule has 1 unspecified atom stereocenters. The van der Waals surface area contributed by atoms with Crippen molar-refractivity contribution in [1.29, 1.82) is 0 Å². The van der Waals surface area contributed by atoms with E-state index in [0.29, 0.717) is 22.2 Å². The highest BCUT2D eigenvalue weighted by atomic mass is 35.5. The predicted octanol–water partition coefficient (Wildman–Crippen LogP) is 2.90. The molecule has 1 atom stereocenters. The Bertz CT molecular complexity index is 510. The van der Waals surface area contributed by atoms with Crippen LogP contribution in [0.2, 0.25) is 10.0 Å². The van der Waals surface area contributed by atoms with E-state index in [1.165, 1.54) is 0 Å². The fourth-order valence-electron chi connectivity index (χ4n) is 2.45. The largest absolute Gasteiger partial charge is 0.386 e. The first-order valence-electron chi connectivity index (χ1n) is 7.16. The van der Waals surface area contributed by atoms with E-state index < -0.39 is 6.10 Å². The number of ether oxygens (including phenoxy) is 1. The molecule has 0 aliphatic heterocycles. The zero-order valence-corrected chi connectivity index (χ0v) is 13.9. The first-order valence-corrected chi connectivity index (χ1v) is 7.92. The minimum atomic E-state index is -0.966. The van der Waals surface area contributed by atoms with Crippen molar-refractivity contribution in [2.75, 3.05) is 20.2 Å². The van der Waals surface area contributed by atoms with E-state index >= 15 is 0 Å². The Morgan fingerprint density at radius 3 is 2.50 bits per heavy atom. The van der Waals surface area contributed by atoms with E-state index in [1.54, 1.807) is 25.3 Å². The van der Waals surface area contributed by atoms with Gasteiger partial charge in [-0.1, -0.05) is 29.3 Å². The van der Waals surface area contributed by atoms with Crippen LogP contribution in [-0.4, -0.2) is 36.9 Å². The minimum Gasteiger partial charge on any atom is -0.386 e. The number of aliphatic hydroxyl groups is 1. The number of carbonyl (C=O) groups is 1. The molecule has 0 heterocycles. The highest BCUT2D eigenvalue weighted by molar-refractivity contribution is 6.36. The molecule has 0 radical (unpaired) electrons. The van der Waals surface area contributed by atoms with Crippen molar-refractivity contribution >= 4 is 29.2 Å². The fraction of sp³-hybridized carbons (Fsp3) is 0.533. The van der Waals surface area contributed by atoms with E-state index in [2.05, 4.69) is 10.6 Å². The fourth-order valence-corrected chi connectivity index (χ4v) is 3.10. The third-order valence-corrected chi connectivity index (χ3v) is 4.72. The zero-order chi connectivity index (χ0) is 16.2. The molecular weight excluding hydrogens is 327 g/mol. The molecule has 22 heavy (non-hydrogen) atoms. The molecule has 7 heteroatoms. The quantitative estimate of drug-likeness (QED) is 0.741. The van der Waals surface area contributed by atoms with Gasteiger partial charge in [-0.05, 0) is 31.4 Å². The minimum absolute atomic E-state index is 0.0231. The highest BCUT2D eigenvalue weighted by Gasteiger charge is 2.37. The lowest BCUT2D eigenvalue weighted by Crippen LogP contribution is -2.51. The Hall–Kier alpha value is -1.01. The lowest BCUT2D eigenvalue weighted by atomic mass is 9.80. The van der Waals surface area contributed by atoms with Gasteiger partial charge in [-0.15, -0.1) is 0 Å². The standard InChI is InChI=1S/C15H20Cl2N2O3/c1-22-15(6-3-7-15)9-19-14(21)18-8-12(20)13-10(16)4-2-5-11(13)17/h2,4-5,12,20H,3,6-9H2,1H3,(H2,18,19,21). The van der Waals surface area contributed by atoms with E-state index in [1.807, 2.05) is 0 Å². The van der Waals surface area contributed by atoms with Crippen LogP contribution in [0.15, 0.2) is 18.2 Å². The summed E-state index contributed by atoms with van der Waals surface area (Å²) in [5, 5.41) is 16.2. The summed E-state index contributed by atoms with van der Waals surface area (Å²) >= 11 is 12.0. The summed E-state index contributed by atoms with van der Waals surface area (Å²) in [6, 6.07) is 4.63. The van der Waals surface area contributed by atoms with Gasteiger partial charge in [0.25, 0.3) is 0 Å². The summed E-state index contributed by atoms with van der Waals surface area (Å²) in [5.41, 5.74) is 0.181. The number of rotatable bonds is 6. The lowest BCUT2D eigenvalue weighted by Gasteiger charge is -2.40. The van der Waals surface area contributed by atoms with Crippen molar-refractivity contribution in [3.05, 3.63) is 33.8 Å². The van der Waals surface area contributed by atoms with Crippen molar-refractivity contribution in [2.24, 2.45) is 0 Å². The summed E-state index contributed by atoms with van der Waals surface area (Å²) in [4.78, 5) is 11.8. The molecule has 0 spiro atoms. The maximum absolute atomic E-state index is 11.8. The van der Waals surface area contributed by atoms with Crippen LogP contribution in [-0.2, 0) is 4.74 Å². The summed E-state index contributed by atoms with van der Waals surface area (Å²) in [6.45, 7) is 0.480. The number of carbonyl (C=O) groups excluding carboxylic acids is 1. The molecule has 1 aliphatic rings. The van der Waals surface area contributed by atoms with Crippen LogP contribution in [0.1, 0.15) is 30.9 Å². The second kappa shape index (κ2) is 7.51. The Morgan fingerprint density at radius 2 is 2.00 bits per heavy atom. The average Bonchev–Trinajstić information content (AvgIpc) is 2.44. The molecule has 3 N–H and O–H groups in total. The normalized spacial score (nSPS) is 17.5. The number of hydrogen-bond acceptors (Lipinski definition) is 3. The van der Waals surface area contributed by atoms with Gasteiger partial charge in [0.15, 0.2) is 0 Å². The van der Waals surface area contributed by atoms with Crippen LogP contribution in [0.4, 0.5) is 4.79 Å². The third-order valence-electron chi connectivity index (χ3n) is 4.06. The second-order valence-electron chi connectivity index (χ2n) is 5.46. The molecule has 0 saturated heterocycles. The Balaban J connectivity index is 1.81. The van der Waals surface area contributed by atoms with Gasteiger partial charge in [0.2, 0.25) is 0 Å². The predicted molar refractivity (Wildman–Crippen MR) is 86.4 cm³/mol. The smallest absolute Gasteiger partial charge is 0.314 e. The van der Waals surface area contributed by atoms with Gasteiger partial charge in [-0.2, -0.15) is 0 Å². The van der Waals surface area contributed by atoms with Gasteiger partial charge in [-0.3, -0.25) is 0 Å². The monoisotopic (exact) mass is 346 g/mol. The SMILES string of the molecule is COC1(CNC(=O)NCC(O)c2c(Cl)cccc2Cl)CCC1. The van der Waals surface area contributed by atoms with Gasteiger partial charge >= 0.3 is 6.03 Å². The molecule has 1 aliphatic carbocycles. The maximum Gasteiger partial charge on any atom is 0.314 e. The van der Waals surface area contributed by atoms with Gasteiger partial charge in [0.05, 0.1) is 11.7 Å². The van der Waals surface area contributed by atoms with Crippen LogP contribution >= 0.6 is 23.2 Å². The van der Waals surface area contributed by atoms with Crippen LogP contribution in [0.3, 0.4) is 0 Å². The van der Waals surface area contributed by atoms with Crippen molar-refractivity contribution in [3.8, 4) is 0 Å². The highest BCUT2D eigenvalue weighted by Crippen LogP contribution is 2.34. The number of urea groups is 1. The second-order valence-corrected chi connectivity index (χ2v) is 6.27. The number of hydrogen-bond donors (Lipinski definition) is 3. The third kappa shape index (κ3) is 4.04. The number of nitrogens with one attached hydrogen (secondary N) is 2. The Kier molecular flexibility index (Phi) is 5.92. The Morgan fingerprint density at radius 1 is 1.36 bits per heavy atom.